The molecule has 0 spiro atoms. The molecule has 3 rings (SSSR count). The van der Waals surface area contributed by atoms with Gasteiger partial charge in [-0.25, -0.2) is 0 Å². The summed E-state index contributed by atoms with van der Waals surface area (Å²) in [7, 11) is 1.83. The number of benzene rings is 3. The van der Waals surface area contributed by atoms with Gasteiger partial charge in [0, 0.05) is 5.56 Å². The van der Waals surface area contributed by atoms with Gasteiger partial charge in [-0.05, 0) is 91.3 Å². The number of unbranched alkanes of at least 4 members (excludes halogenated alkanes) is 1. The average molecular weight is 361 g/mol. The highest BCUT2D eigenvalue weighted by atomic mass is 16.5. The van der Waals surface area contributed by atoms with E-state index in [9.17, 15) is 0 Å². The Morgan fingerprint density at radius 2 is 1.67 bits per heavy atom. The van der Waals surface area contributed by atoms with Crippen LogP contribution < -0.4 is 4.74 Å². The van der Waals surface area contributed by atoms with Crippen molar-refractivity contribution in [3.8, 4) is 5.75 Å². The molecule has 0 aromatic heterocycles. The van der Waals surface area contributed by atoms with E-state index >= 15 is 0 Å². The topological polar surface area (TPSA) is 9.23 Å². The second-order valence-electron chi connectivity index (χ2n) is 7.85. The fourth-order valence-electron chi connectivity index (χ4n) is 4.13. The van der Waals surface area contributed by atoms with Crippen LogP contribution in [0.25, 0.3) is 21.5 Å². The van der Waals surface area contributed by atoms with E-state index in [4.69, 9.17) is 4.74 Å². The molecule has 0 aliphatic carbocycles. The maximum Gasteiger partial charge on any atom is 0.126 e. The van der Waals surface area contributed by atoms with Crippen LogP contribution in [0.5, 0.6) is 5.75 Å². The molecule has 0 N–H and O–H groups in total. The highest BCUT2D eigenvalue weighted by Crippen LogP contribution is 2.41. The molecule has 0 aliphatic rings. The first kappa shape index (κ1) is 19.5. The van der Waals surface area contributed by atoms with Crippen LogP contribution in [0.15, 0.2) is 42.0 Å². The Kier molecular flexibility index (Phi) is 5.89. The molecule has 3 aromatic rings. The number of hydrogen-bond acceptors (Lipinski definition) is 1. The molecule has 0 heterocycles. The molecular weight excluding hydrogens is 328 g/mol. The highest BCUT2D eigenvalue weighted by Gasteiger charge is 2.18. The molecular formula is C26H32O. The largest absolute Gasteiger partial charge is 0.496 e. The molecule has 0 aliphatic heterocycles. The minimum absolute atomic E-state index is 0.923. The quantitative estimate of drug-likeness (QED) is 0.327. The summed E-state index contributed by atoms with van der Waals surface area (Å²) in [6.45, 7) is 11.1. The molecule has 142 valence electrons. The molecule has 0 saturated carbocycles. The fraction of sp³-hybridized carbons (Fsp3) is 0.385. The Morgan fingerprint density at radius 3 is 2.30 bits per heavy atom. The van der Waals surface area contributed by atoms with E-state index < -0.39 is 0 Å². The van der Waals surface area contributed by atoms with Gasteiger partial charge in [-0.2, -0.15) is 0 Å². The van der Waals surface area contributed by atoms with Gasteiger partial charge in [0.25, 0.3) is 0 Å². The lowest BCUT2D eigenvalue weighted by Crippen LogP contribution is -2.02. The average Bonchev–Trinajstić information content (AvgIpc) is 2.67. The predicted molar refractivity (Wildman–Crippen MR) is 119 cm³/mol. The number of ether oxygens (including phenoxy) is 1. The third-order valence-corrected chi connectivity index (χ3v) is 5.74. The van der Waals surface area contributed by atoms with Gasteiger partial charge < -0.3 is 4.74 Å². The number of allylic oxidation sites excluding steroid dienone is 2. The standard InChI is InChI=1S/C26H32O/c1-7-8-11-23-25-22-13-10-9-12-21(22)18(4)19(5)24(25)16-20(26(23)27-6)15-14-17(2)3/h9-10,12-14,16H,7-8,11,15H2,1-6H3. The Labute approximate surface area is 164 Å². The Balaban J connectivity index is 2.46. The highest BCUT2D eigenvalue weighted by molar-refractivity contribution is 6.13. The Morgan fingerprint density at radius 1 is 1.00 bits per heavy atom. The summed E-state index contributed by atoms with van der Waals surface area (Å²) in [4.78, 5) is 0. The lowest BCUT2D eigenvalue weighted by Gasteiger charge is -2.21. The normalized spacial score (nSPS) is 11.2. The van der Waals surface area contributed by atoms with Crippen molar-refractivity contribution >= 4 is 21.5 Å². The van der Waals surface area contributed by atoms with Crippen LogP contribution in [0.2, 0.25) is 0 Å². The summed E-state index contributed by atoms with van der Waals surface area (Å²) < 4.78 is 6.00. The maximum atomic E-state index is 6.00. The van der Waals surface area contributed by atoms with Crippen LogP contribution in [-0.2, 0) is 12.8 Å². The monoisotopic (exact) mass is 360 g/mol. The molecule has 0 atom stereocenters. The SMILES string of the molecule is CCCCc1c(OC)c(CC=C(C)C)cc2c(C)c(C)c3ccccc3c12. The van der Waals surface area contributed by atoms with E-state index in [1.54, 1.807) is 0 Å². The first-order valence-corrected chi connectivity index (χ1v) is 10.1. The summed E-state index contributed by atoms with van der Waals surface area (Å²) in [5, 5.41) is 5.49. The van der Waals surface area contributed by atoms with Crippen molar-refractivity contribution in [3.63, 3.8) is 0 Å². The van der Waals surface area contributed by atoms with Crippen molar-refractivity contribution in [2.45, 2.75) is 60.3 Å². The molecule has 0 radical (unpaired) electrons. The minimum atomic E-state index is 0.923. The molecule has 0 amide bonds. The van der Waals surface area contributed by atoms with Crippen molar-refractivity contribution in [1.82, 2.24) is 0 Å². The smallest absolute Gasteiger partial charge is 0.126 e. The second-order valence-corrected chi connectivity index (χ2v) is 7.85. The minimum Gasteiger partial charge on any atom is -0.496 e. The first-order valence-electron chi connectivity index (χ1n) is 10.1. The van der Waals surface area contributed by atoms with Gasteiger partial charge in [-0.15, -0.1) is 0 Å². The van der Waals surface area contributed by atoms with Gasteiger partial charge >= 0.3 is 0 Å². The summed E-state index contributed by atoms with van der Waals surface area (Å²) in [6, 6.07) is 11.2. The zero-order valence-corrected chi connectivity index (χ0v) is 17.7. The Hall–Kier alpha value is -2.28. The summed E-state index contributed by atoms with van der Waals surface area (Å²) >= 11 is 0. The van der Waals surface area contributed by atoms with Gasteiger partial charge in [0.15, 0.2) is 0 Å². The van der Waals surface area contributed by atoms with Gasteiger partial charge in [0.1, 0.15) is 5.75 Å². The van der Waals surface area contributed by atoms with E-state index in [2.05, 4.69) is 71.0 Å². The Bertz CT molecular complexity index is 1000. The van der Waals surface area contributed by atoms with Crippen LogP contribution in [-0.4, -0.2) is 7.11 Å². The fourth-order valence-corrected chi connectivity index (χ4v) is 4.13. The van der Waals surface area contributed by atoms with Crippen molar-refractivity contribution in [1.29, 1.82) is 0 Å². The molecule has 1 nitrogen and oxygen atoms in total. The zero-order chi connectivity index (χ0) is 19.6. The van der Waals surface area contributed by atoms with Gasteiger partial charge in [0.05, 0.1) is 7.11 Å². The molecule has 27 heavy (non-hydrogen) atoms. The predicted octanol–water partition coefficient (Wildman–Crippen LogP) is 7.47. The van der Waals surface area contributed by atoms with Crippen LogP contribution in [0, 0.1) is 13.8 Å². The van der Waals surface area contributed by atoms with Gasteiger partial charge in [-0.1, -0.05) is 49.3 Å². The first-order chi connectivity index (χ1) is 13.0. The zero-order valence-electron chi connectivity index (χ0n) is 17.7. The van der Waals surface area contributed by atoms with Gasteiger partial charge in [-0.3, -0.25) is 0 Å². The molecule has 1 heteroatoms. The lowest BCUT2D eigenvalue weighted by molar-refractivity contribution is 0.406. The van der Waals surface area contributed by atoms with E-state index in [0.29, 0.717) is 0 Å². The third-order valence-electron chi connectivity index (χ3n) is 5.74. The summed E-state index contributed by atoms with van der Waals surface area (Å²) in [6.07, 6.45) is 6.65. The number of fused-ring (bicyclic) bond motifs is 3. The van der Waals surface area contributed by atoms with E-state index in [0.717, 1.165) is 18.6 Å². The summed E-state index contributed by atoms with van der Waals surface area (Å²) in [5.74, 6) is 1.09. The molecule has 3 aromatic carbocycles. The molecule has 0 fully saturated rings. The third kappa shape index (κ3) is 3.60. The van der Waals surface area contributed by atoms with Crippen LogP contribution >= 0.6 is 0 Å². The van der Waals surface area contributed by atoms with E-state index in [1.165, 1.54) is 62.2 Å². The summed E-state index contributed by atoms with van der Waals surface area (Å²) in [5.41, 5.74) is 6.81. The molecule has 0 saturated heterocycles. The molecule has 0 bridgehead atoms. The van der Waals surface area contributed by atoms with Crippen molar-refractivity contribution < 1.29 is 4.74 Å². The van der Waals surface area contributed by atoms with Crippen molar-refractivity contribution in [2.24, 2.45) is 0 Å². The van der Waals surface area contributed by atoms with Crippen LogP contribution in [0.1, 0.15) is 55.9 Å². The number of rotatable bonds is 6. The van der Waals surface area contributed by atoms with Gasteiger partial charge in [0.2, 0.25) is 0 Å². The van der Waals surface area contributed by atoms with Crippen molar-refractivity contribution in [3.05, 3.63) is 64.2 Å². The van der Waals surface area contributed by atoms with E-state index in [1.807, 2.05) is 7.11 Å². The number of aryl methyl sites for hydroxylation is 3. The number of hydrogen-bond donors (Lipinski definition) is 0. The molecule has 0 unspecified atom stereocenters. The van der Waals surface area contributed by atoms with Crippen molar-refractivity contribution in [2.75, 3.05) is 7.11 Å². The number of methoxy groups -OCH3 is 1. The lowest BCUT2D eigenvalue weighted by atomic mass is 9.86. The van der Waals surface area contributed by atoms with E-state index in [-0.39, 0.29) is 0 Å². The maximum absolute atomic E-state index is 6.00. The van der Waals surface area contributed by atoms with Crippen LogP contribution in [0.3, 0.4) is 0 Å². The second kappa shape index (κ2) is 8.17. The van der Waals surface area contributed by atoms with Crippen LogP contribution in [0.4, 0.5) is 0 Å².